The van der Waals surface area contributed by atoms with Gasteiger partial charge < -0.3 is 0 Å². The highest BCUT2D eigenvalue weighted by Crippen LogP contribution is 2.69. The summed E-state index contributed by atoms with van der Waals surface area (Å²) in [5.41, 5.74) is 2.76. The van der Waals surface area contributed by atoms with Gasteiger partial charge in [0.05, 0.1) is 29.1 Å². The number of thioether (sulfide) groups is 1. The van der Waals surface area contributed by atoms with E-state index in [1.165, 1.54) is 16.2 Å². The number of thiazole rings is 1. The smallest absolute Gasteiger partial charge is 0.289 e. The van der Waals surface area contributed by atoms with E-state index in [1.807, 2.05) is 47.0 Å². The van der Waals surface area contributed by atoms with Crippen LogP contribution in [0.15, 0.2) is 88.7 Å². The summed E-state index contributed by atoms with van der Waals surface area (Å²) in [6, 6.07) is 24.9. The minimum atomic E-state index is -0.343. The Morgan fingerprint density at radius 3 is 2.10 bits per heavy atom. The van der Waals surface area contributed by atoms with Crippen molar-refractivity contribution in [3.05, 3.63) is 115 Å². The van der Waals surface area contributed by atoms with Gasteiger partial charge in [-0.2, -0.15) is 0 Å². The monoisotopic (exact) mass is 618 g/mol. The van der Waals surface area contributed by atoms with Crippen molar-refractivity contribution in [2.75, 3.05) is 4.90 Å². The maximum Gasteiger partial charge on any atom is 0.308 e. The summed E-state index contributed by atoms with van der Waals surface area (Å²) in [6.07, 6.45) is 0.853. The standard InChI is InChI=1S/C32H24Cl2N2O3S2/c33-18-8-6-17(7-9-18)23-24-21-14-22(26-25(21)29(37)36(30(26)38)20-12-10-19(34)11-13-20)27(24)40-31-28(23)41-32(39)35(31)15-16-4-2-1-3-5-16/h1-13,21-27H,14-15H2. The van der Waals surface area contributed by atoms with Crippen LogP contribution in [0.5, 0.6) is 0 Å². The number of hydrogen-bond acceptors (Lipinski definition) is 5. The average Bonchev–Trinajstić information content (AvgIpc) is 3.69. The van der Waals surface area contributed by atoms with E-state index < -0.39 is 0 Å². The van der Waals surface area contributed by atoms with Gasteiger partial charge in [-0.15, -0.1) is 11.8 Å². The number of halogens is 2. The van der Waals surface area contributed by atoms with Crippen molar-refractivity contribution >= 4 is 63.8 Å². The van der Waals surface area contributed by atoms with E-state index in [0.717, 1.165) is 27.5 Å². The number of nitrogens with zero attached hydrogens (tertiary/aromatic N) is 2. The summed E-state index contributed by atoms with van der Waals surface area (Å²) in [7, 11) is 0. The second-order valence-corrected chi connectivity index (χ2v) is 14.4. The zero-order valence-electron chi connectivity index (χ0n) is 21.7. The molecule has 0 spiro atoms. The van der Waals surface area contributed by atoms with Crippen molar-refractivity contribution < 1.29 is 9.59 Å². The number of fused-ring (bicyclic) bond motifs is 9. The van der Waals surface area contributed by atoms with Crippen LogP contribution in [0.25, 0.3) is 0 Å². The van der Waals surface area contributed by atoms with Gasteiger partial charge in [0.15, 0.2) is 0 Å². The molecule has 2 amide bonds. The highest BCUT2D eigenvalue weighted by atomic mass is 35.5. The lowest BCUT2D eigenvalue weighted by Crippen LogP contribution is -2.43. The van der Waals surface area contributed by atoms with Gasteiger partial charge in [-0.3, -0.25) is 23.9 Å². The molecule has 2 saturated carbocycles. The molecule has 8 rings (SSSR count). The van der Waals surface area contributed by atoms with Gasteiger partial charge in [0.25, 0.3) is 0 Å². The lowest BCUT2D eigenvalue weighted by atomic mass is 9.68. The summed E-state index contributed by atoms with van der Waals surface area (Å²) in [4.78, 5) is 43.8. The molecule has 3 fully saturated rings. The molecule has 206 valence electrons. The number of hydrogen-bond donors (Lipinski definition) is 0. The molecule has 7 unspecified atom stereocenters. The molecular formula is C32H24Cl2N2O3S2. The van der Waals surface area contributed by atoms with Crippen molar-refractivity contribution in [1.82, 2.24) is 4.57 Å². The molecule has 2 bridgehead atoms. The minimum absolute atomic E-state index is 0.0268. The molecule has 7 atom stereocenters. The fraction of sp³-hybridized carbons (Fsp3) is 0.281. The van der Waals surface area contributed by atoms with Gasteiger partial charge in [-0.25, -0.2) is 0 Å². The third kappa shape index (κ3) is 3.86. The normalized spacial score (nSPS) is 29.5. The lowest BCUT2D eigenvalue weighted by Gasteiger charge is -2.43. The Balaban J connectivity index is 1.23. The van der Waals surface area contributed by atoms with E-state index in [0.29, 0.717) is 22.3 Å². The van der Waals surface area contributed by atoms with Crippen LogP contribution in [0.4, 0.5) is 5.69 Å². The number of imide groups is 1. The number of anilines is 1. The molecule has 0 radical (unpaired) electrons. The van der Waals surface area contributed by atoms with Crippen LogP contribution in [0.1, 0.15) is 28.3 Å². The van der Waals surface area contributed by atoms with E-state index in [2.05, 4.69) is 12.1 Å². The molecule has 1 aromatic heterocycles. The first-order valence-electron chi connectivity index (χ1n) is 13.7. The molecule has 3 heterocycles. The quantitative estimate of drug-likeness (QED) is 0.232. The Morgan fingerprint density at radius 1 is 0.780 bits per heavy atom. The minimum Gasteiger partial charge on any atom is -0.289 e. The molecule has 4 aromatic rings. The highest BCUT2D eigenvalue weighted by Gasteiger charge is 2.69. The van der Waals surface area contributed by atoms with Crippen molar-refractivity contribution in [2.24, 2.45) is 29.6 Å². The average molecular weight is 620 g/mol. The maximum atomic E-state index is 13.9. The van der Waals surface area contributed by atoms with Crippen molar-refractivity contribution in [3.8, 4) is 0 Å². The largest absolute Gasteiger partial charge is 0.308 e. The molecule has 9 heteroatoms. The molecule has 5 nitrogen and oxygen atoms in total. The lowest BCUT2D eigenvalue weighted by molar-refractivity contribution is -0.123. The first-order valence-corrected chi connectivity index (χ1v) is 16.2. The first kappa shape index (κ1) is 25.8. The Kier molecular flexibility index (Phi) is 6.05. The zero-order chi connectivity index (χ0) is 28.0. The number of rotatable bonds is 4. The molecule has 4 aliphatic rings. The number of aromatic nitrogens is 1. The molecule has 3 aromatic carbocycles. The first-order chi connectivity index (χ1) is 19.9. The second-order valence-electron chi connectivity index (χ2n) is 11.4. The van der Waals surface area contributed by atoms with Gasteiger partial charge in [-0.05, 0) is 71.7 Å². The van der Waals surface area contributed by atoms with Gasteiger partial charge >= 0.3 is 4.87 Å². The van der Waals surface area contributed by atoms with Crippen LogP contribution in [0, 0.1) is 29.6 Å². The van der Waals surface area contributed by atoms with Crippen LogP contribution >= 0.6 is 46.3 Å². The summed E-state index contributed by atoms with van der Waals surface area (Å²) < 4.78 is 1.91. The predicted molar refractivity (Wildman–Crippen MR) is 163 cm³/mol. The fourth-order valence-corrected chi connectivity index (χ4v) is 11.3. The van der Waals surface area contributed by atoms with Gasteiger partial charge in [-0.1, -0.05) is 77.0 Å². The van der Waals surface area contributed by atoms with Crippen molar-refractivity contribution in [1.29, 1.82) is 0 Å². The molecule has 1 saturated heterocycles. The third-order valence-electron chi connectivity index (χ3n) is 9.45. The fourth-order valence-electron chi connectivity index (χ4n) is 7.91. The van der Waals surface area contributed by atoms with Crippen LogP contribution in [-0.2, 0) is 16.1 Å². The van der Waals surface area contributed by atoms with Gasteiger partial charge in [0, 0.05) is 26.1 Å². The number of amides is 2. The maximum absolute atomic E-state index is 13.9. The number of benzene rings is 3. The Hall–Kier alpha value is -2.84. The van der Waals surface area contributed by atoms with Gasteiger partial charge in [0.1, 0.15) is 0 Å². The number of carbonyl (C=O) groups is 2. The predicted octanol–water partition coefficient (Wildman–Crippen LogP) is 6.94. The SMILES string of the molecule is O=C1C2C3CC(C2C(=O)N1c1ccc(Cl)cc1)C1C(c2ccc(Cl)cc2)c2sc(=O)n(Cc4ccccc4)c2SC31. The Morgan fingerprint density at radius 2 is 1.41 bits per heavy atom. The third-order valence-corrected chi connectivity index (χ3v) is 12.7. The Bertz CT molecular complexity index is 1750. The summed E-state index contributed by atoms with van der Waals surface area (Å²) >= 11 is 15.5. The molecular weight excluding hydrogens is 595 g/mol. The molecule has 0 N–H and O–H groups in total. The van der Waals surface area contributed by atoms with E-state index in [1.54, 1.807) is 36.0 Å². The van der Waals surface area contributed by atoms with E-state index >= 15 is 0 Å². The zero-order valence-corrected chi connectivity index (χ0v) is 24.8. The van der Waals surface area contributed by atoms with E-state index in [4.69, 9.17) is 23.2 Å². The van der Waals surface area contributed by atoms with Crippen LogP contribution < -0.4 is 9.77 Å². The topological polar surface area (TPSA) is 59.4 Å². The van der Waals surface area contributed by atoms with E-state index in [9.17, 15) is 14.4 Å². The Labute approximate surface area is 255 Å². The second kappa shape index (κ2) is 9.60. The van der Waals surface area contributed by atoms with E-state index in [-0.39, 0.29) is 57.4 Å². The van der Waals surface area contributed by atoms with Crippen LogP contribution in [0.3, 0.4) is 0 Å². The van der Waals surface area contributed by atoms with Crippen molar-refractivity contribution in [2.45, 2.75) is 29.2 Å². The highest BCUT2D eigenvalue weighted by molar-refractivity contribution is 8.00. The molecule has 2 aliphatic carbocycles. The summed E-state index contributed by atoms with van der Waals surface area (Å²) in [5, 5.41) is 2.36. The van der Waals surface area contributed by atoms with Gasteiger partial charge in [0.2, 0.25) is 11.8 Å². The van der Waals surface area contributed by atoms with Crippen LogP contribution in [-0.4, -0.2) is 21.6 Å². The summed E-state index contributed by atoms with van der Waals surface area (Å²) in [5.74, 6) is -0.649. The summed E-state index contributed by atoms with van der Waals surface area (Å²) in [6.45, 7) is 0.505. The number of carbonyl (C=O) groups excluding carboxylic acids is 2. The molecule has 2 aliphatic heterocycles. The van der Waals surface area contributed by atoms with Crippen LogP contribution in [0.2, 0.25) is 10.0 Å². The van der Waals surface area contributed by atoms with Crippen molar-refractivity contribution in [3.63, 3.8) is 0 Å². The molecule has 41 heavy (non-hydrogen) atoms.